The van der Waals surface area contributed by atoms with Crippen molar-refractivity contribution in [3.05, 3.63) is 29.8 Å². The molecule has 2 saturated heterocycles. The van der Waals surface area contributed by atoms with E-state index in [1.54, 1.807) is 6.07 Å². The summed E-state index contributed by atoms with van der Waals surface area (Å²) in [5.41, 5.74) is 6.89. The van der Waals surface area contributed by atoms with Gasteiger partial charge < -0.3 is 16.0 Å². The number of carbonyl (C=O) groups excluding carboxylic acids is 1. The van der Waals surface area contributed by atoms with E-state index in [4.69, 9.17) is 5.73 Å². The van der Waals surface area contributed by atoms with Gasteiger partial charge in [0.25, 0.3) is 0 Å². The van der Waals surface area contributed by atoms with Crippen LogP contribution in [0.5, 0.6) is 0 Å². The largest absolute Gasteiger partial charge is 0.382 e. The molecule has 2 fully saturated rings. The number of nitrogens with zero attached hydrogens (tertiary/aromatic N) is 1. The lowest BCUT2D eigenvalue weighted by Gasteiger charge is -2.31. The molecule has 18 heavy (non-hydrogen) atoms. The molecular weight excluding hydrogens is 226 g/mol. The van der Waals surface area contributed by atoms with E-state index in [2.05, 4.69) is 10.2 Å². The van der Waals surface area contributed by atoms with E-state index in [0.29, 0.717) is 11.6 Å². The van der Waals surface area contributed by atoms with Gasteiger partial charge in [-0.2, -0.15) is 0 Å². The number of nitrogens with two attached hydrogens (primary N) is 1. The number of primary amides is 1. The first-order chi connectivity index (χ1) is 8.72. The molecule has 1 amide bonds. The molecule has 0 radical (unpaired) electrons. The summed E-state index contributed by atoms with van der Waals surface area (Å²) in [6, 6.07) is 8.03. The van der Waals surface area contributed by atoms with E-state index < -0.39 is 0 Å². The number of amides is 1. The Morgan fingerprint density at radius 3 is 3.00 bits per heavy atom. The first-order valence-corrected chi connectivity index (χ1v) is 6.61. The van der Waals surface area contributed by atoms with Gasteiger partial charge in [-0.15, -0.1) is 0 Å². The molecule has 0 aromatic heterocycles. The smallest absolute Gasteiger partial charge is 0.248 e. The topological polar surface area (TPSA) is 58.4 Å². The van der Waals surface area contributed by atoms with E-state index in [1.165, 1.54) is 32.5 Å². The number of hydrogen-bond acceptors (Lipinski definition) is 3. The number of piperidine rings is 1. The molecule has 2 heterocycles. The van der Waals surface area contributed by atoms with Gasteiger partial charge in [0.1, 0.15) is 0 Å². The number of carbonyl (C=O) groups is 1. The number of anilines is 1. The minimum Gasteiger partial charge on any atom is -0.382 e. The maximum absolute atomic E-state index is 11.2. The van der Waals surface area contributed by atoms with E-state index >= 15 is 0 Å². The molecule has 2 bridgehead atoms. The molecule has 0 aliphatic carbocycles. The zero-order valence-electron chi connectivity index (χ0n) is 10.4. The van der Waals surface area contributed by atoms with Gasteiger partial charge in [0.2, 0.25) is 5.91 Å². The quantitative estimate of drug-likeness (QED) is 0.843. The van der Waals surface area contributed by atoms with E-state index in [1.807, 2.05) is 18.2 Å². The number of nitrogens with one attached hydrogen (secondary N) is 1. The van der Waals surface area contributed by atoms with Gasteiger partial charge in [0.05, 0.1) is 0 Å². The fraction of sp³-hybridized carbons (Fsp3) is 0.500. The SMILES string of the molecule is NC(=O)c1cccc(NC2CCN3CCC2C3)c1. The third-order valence-electron chi connectivity index (χ3n) is 4.13. The van der Waals surface area contributed by atoms with Crippen LogP contribution in [0.1, 0.15) is 23.2 Å². The molecule has 96 valence electrons. The normalized spacial score (nSPS) is 30.1. The summed E-state index contributed by atoms with van der Waals surface area (Å²) in [7, 11) is 0. The van der Waals surface area contributed by atoms with Crippen LogP contribution in [0, 0.1) is 5.92 Å². The van der Waals surface area contributed by atoms with Crippen molar-refractivity contribution in [3.63, 3.8) is 0 Å². The molecule has 0 spiro atoms. The van der Waals surface area contributed by atoms with Crippen molar-refractivity contribution in [1.82, 2.24) is 4.90 Å². The van der Waals surface area contributed by atoms with Crippen molar-refractivity contribution in [1.29, 1.82) is 0 Å². The Morgan fingerprint density at radius 1 is 1.33 bits per heavy atom. The third-order valence-corrected chi connectivity index (χ3v) is 4.13. The van der Waals surface area contributed by atoms with Crippen molar-refractivity contribution in [2.24, 2.45) is 11.7 Å². The molecule has 4 nitrogen and oxygen atoms in total. The first-order valence-electron chi connectivity index (χ1n) is 6.61. The van der Waals surface area contributed by atoms with Gasteiger partial charge in [-0.25, -0.2) is 0 Å². The van der Waals surface area contributed by atoms with Crippen molar-refractivity contribution in [3.8, 4) is 0 Å². The van der Waals surface area contributed by atoms with Crippen LogP contribution in [0.3, 0.4) is 0 Å². The summed E-state index contributed by atoms with van der Waals surface area (Å²) in [5, 5.41) is 3.57. The molecule has 4 heteroatoms. The number of hydrogen-bond donors (Lipinski definition) is 2. The number of benzene rings is 1. The van der Waals surface area contributed by atoms with Gasteiger partial charge in [0, 0.05) is 30.4 Å². The van der Waals surface area contributed by atoms with Crippen molar-refractivity contribution in [2.75, 3.05) is 25.0 Å². The first kappa shape index (κ1) is 11.5. The zero-order chi connectivity index (χ0) is 12.5. The van der Waals surface area contributed by atoms with Gasteiger partial charge in [0.15, 0.2) is 0 Å². The van der Waals surface area contributed by atoms with Crippen LogP contribution in [0.15, 0.2) is 24.3 Å². The monoisotopic (exact) mass is 245 g/mol. The zero-order valence-corrected chi connectivity index (χ0v) is 10.4. The Bertz CT molecular complexity index is 460. The molecule has 3 rings (SSSR count). The predicted octanol–water partition coefficient (Wildman–Crippen LogP) is 1.29. The van der Waals surface area contributed by atoms with Crippen molar-refractivity contribution in [2.45, 2.75) is 18.9 Å². The van der Waals surface area contributed by atoms with Crippen molar-refractivity contribution < 1.29 is 4.79 Å². The Labute approximate surface area is 107 Å². The molecule has 1 aromatic carbocycles. The van der Waals surface area contributed by atoms with Crippen LogP contribution >= 0.6 is 0 Å². The van der Waals surface area contributed by atoms with Crippen LogP contribution in [-0.4, -0.2) is 36.5 Å². The summed E-state index contributed by atoms with van der Waals surface area (Å²) in [4.78, 5) is 13.7. The summed E-state index contributed by atoms with van der Waals surface area (Å²) in [6.07, 6.45) is 2.47. The molecule has 2 aliphatic heterocycles. The Balaban J connectivity index is 1.72. The van der Waals surface area contributed by atoms with Crippen LogP contribution in [0.2, 0.25) is 0 Å². The van der Waals surface area contributed by atoms with Crippen molar-refractivity contribution >= 4 is 11.6 Å². The van der Waals surface area contributed by atoms with Gasteiger partial charge in [-0.3, -0.25) is 4.79 Å². The van der Waals surface area contributed by atoms with E-state index in [-0.39, 0.29) is 5.91 Å². The molecule has 3 N–H and O–H groups in total. The lowest BCUT2D eigenvalue weighted by atomic mass is 9.94. The van der Waals surface area contributed by atoms with E-state index in [9.17, 15) is 4.79 Å². The fourth-order valence-corrected chi connectivity index (χ4v) is 3.12. The number of fused-ring (bicyclic) bond motifs is 2. The van der Waals surface area contributed by atoms with Gasteiger partial charge in [-0.05, 0) is 43.5 Å². The highest BCUT2D eigenvalue weighted by Crippen LogP contribution is 2.29. The highest BCUT2D eigenvalue weighted by molar-refractivity contribution is 5.93. The lowest BCUT2D eigenvalue weighted by molar-refractivity contribution is 0.100. The van der Waals surface area contributed by atoms with E-state index in [0.717, 1.165) is 11.6 Å². The second-order valence-electron chi connectivity index (χ2n) is 5.33. The Morgan fingerprint density at radius 2 is 2.17 bits per heavy atom. The second-order valence-corrected chi connectivity index (χ2v) is 5.33. The minimum atomic E-state index is -0.366. The molecule has 3 atom stereocenters. The fourth-order valence-electron chi connectivity index (χ4n) is 3.12. The van der Waals surface area contributed by atoms with Gasteiger partial charge >= 0.3 is 0 Å². The third kappa shape index (κ3) is 2.20. The molecule has 0 saturated carbocycles. The average molecular weight is 245 g/mol. The average Bonchev–Trinajstić information content (AvgIpc) is 2.76. The van der Waals surface area contributed by atoms with Crippen LogP contribution in [-0.2, 0) is 0 Å². The van der Waals surface area contributed by atoms with Crippen LogP contribution in [0.4, 0.5) is 5.69 Å². The Kier molecular flexibility index (Phi) is 2.96. The van der Waals surface area contributed by atoms with Gasteiger partial charge in [-0.1, -0.05) is 6.07 Å². The Hall–Kier alpha value is -1.55. The molecular formula is C14H19N3O. The lowest BCUT2D eigenvalue weighted by Crippen LogP contribution is -2.39. The van der Waals surface area contributed by atoms with Crippen LogP contribution < -0.4 is 11.1 Å². The summed E-state index contributed by atoms with van der Waals surface area (Å²) in [6.45, 7) is 3.64. The molecule has 3 unspecified atom stereocenters. The standard InChI is InChI=1S/C14H19N3O/c15-14(18)10-2-1-3-12(8-10)16-13-5-7-17-6-4-11(13)9-17/h1-3,8,11,13,16H,4-7,9H2,(H2,15,18). The summed E-state index contributed by atoms with van der Waals surface area (Å²) >= 11 is 0. The maximum Gasteiger partial charge on any atom is 0.248 e. The maximum atomic E-state index is 11.2. The highest BCUT2D eigenvalue weighted by atomic mass is 16.1. The second kappa shape index (κ2) is 4.61. The number of rotatable bonds is 3. The predicted molar refractivity (Wildman–Crippen MR) is 71.5 cm³/mol. The highest BCUT2D eigenvalue weighted by Gasteiger charge is 2.33. The molecule has 2 aliphatic rings. The summed E-state index contributed by atoms with van der Waals surface area (Å²) in [5.74, 6) is 0.380. The van der Waals surface area contributed by atoms with Crippen LogP contribution in [0.25, 0.3) is 0 Å². The molecule has 1 aromatic rings. The minimum absolute atomic E-state index is 0.366. The summed E-state index contributed by atoms with van der Waals surface area (Å²) < 4.78 is 0.